The molecule has 0 aliphatic heterocycles. The zero-order chi connectivity index (χ0) is 44.3. The van der Waals surface area contributed by atoms with E-state index in [1.54, 1.807) is 0 Å². The Labute approximate surface area is 382 Å². The molecule has 0 bridgehead atoms. The average Bonchev–Trinajstić information content (AvgIpc) is 3.89. The Kier molecular flexibility index (Phi) is 9.25. The maximum atomic E-state index is 11.1. The number of aromatic nitrogens is 4. The number of benzene rings is 9. The molecule has 0 fully saturated rings. The Morgan fingerprint density at radius 3 is 1.29 bits per heavy atom. The van der Waals surface area contributed by atoms with E-state index >= 15 is 0 Å². The topological polar surface area (TPSA) is 59.4 Å². The van der Waals surface area contributed by atoms with Crippen LogP contribution < -0.4 is 0 Å². The van der Waals surface area contributed by atoms with Gasteiger partial charge in [-0.1, -0.05) is 181 Å². The van der Waals surface area contributed by atoms with Crippen LogP contribution in [0.5, 0.6) is 0 Å². The number of aryl methyl sites for hydroxylation is 2. The molecule has 0 radical (unpaired) electrons. The van der Waals surface area contributed by atoms with Gasteiger partial charge in [0.05, 0.1) is 56.5 Å². The van der Waals surface area contributed by atoms with Crippen molar-refractivity contribution in [1.82, 2.24) is 19.1 Å². The fraction of sp³-hybridized carbons (Fsp3) is 0.0328. The van der Waals surface area contributed by atoms with Gasteiger partial charge in [-0.25, -0.2) is 9.97 Å². The van der Waals surface area contributed by atoms with E-state index in [1.165, 1.54) is 11.1 Å². The zero-order valence-corrected chi connectivity index (χ0v) is 36.4. The fourth-order valence-electron chi connectivity index (χ4n) is 9.65. The van der Waals surface area contributed by atoms with Gasteiger partial charge in [0.1, 0.15) is 0 Å². The molecule has 0 saturated heterocycles. The molecule has 12 aromatic rings. The summed E-state index contributed by atoms with van der Waals surface area (Å²) < 4.78 is 4.69. The van der Waals surface area contributed by atoms with Crippen molar-refractivity contribution in [1.29, 1.82) is 5.26 Å². The van der Waals surface area contributed by atoms with Gasteiger partial charge in [0.25, 0.3) is 0 Å². The maximum Gasteiger partial charge on any atom is 0.160 e. The highest BCUT2D eigenvalue weighted by atomic mass is 15.0. The summed E-state index contributed by atoms with van der Waals surface area (Å²) in [5.74, 6) is 0.612. The lowest BCUT2D eigenvalue weighted by Gasteiger charge is -2.21. The average molecular weight is 844 g/mol. The molecule has 0 amide bonds. The van der Waals surface area contributed by atoms with Crippen molar-refractivity contribution >= 4 is 43.6 Å². The molecule has 0 unspecified atom stereocenters. The number of nitriles is 1. The lowest BCUT2D eigenvalue weighted by Crippen LogP contribution is -2.07. The molecule has 5 heteroatoms. The summed E-state index contributed by atoms with van der Waals surface area (Å²) in [5.41, 5.74) is 17.5. The third-order valence-corrected chi connectivity index (χ3v) is 12.9. The summed E-state index contributed by atoms with van der Waals surface area (Å²) in [4.78, 5) is 10.8. The SMILES string of the molecule is Cc1ccc(-c2ccc3c4ccccc4n(-c4cc(C#N)cc(-n5c6ccccc6c6ccc(-c7ccc(C)cc7)cc65)c4-c4cc(-c5ccccc5)nc(-c5ccccc5)n4)c3c2)cc1. The Morgan fingerprint density at radius 2 is 0.788 bits per heavy atom. The van der Waals surface area contributed by atoms with Crippen molar-refractivity contribution in [3.05, 3.63) is 229 Å². The van der Waals surface area contributed by atoms with E-state index in [-0.39, 0.29) is 0 Å². The zero-order valence-electron chi connectivity index (χ0n) is 36.4. The van der Waals surface area contributed by atoms with Gasteiger partial charge < -0.3 is 9.13 Å². The van der Waals surface area contributed by atoms with E-state index in [2.05, 4.69) is 193 Å². The second-order valence-corrected chi connectivity index (χ2v) is 17.1. The first-order valence-corrected chi connectivity index (χ1v) is 22.3. The first-order chi connectivity index (χ1) is 32.5. The van der Waals surface area contributed by atoms with Gasteiger partial charge in [0.15, 0.2) is 5.82 Å². The summed E-state index contributed by atoms with van der Waals surface area (Å²) in [7, 11) is 0. The largest absolute Gasteiger partial charge is 0.308 e. The number of fused-ring (bicyclic) bond motifs is 6. The molecule has 0 N–H and O–H groups in total. The van der Waals surface area contributed by atoms with Crippen molar-refractivity contribution < 1.29 is 0 Å². The normalized spacial score (nSPS) is 11.5. The minimum atomic E-state index is 0.533. The summed E-state index contributed by atoms with van der Waals surface area (Å²) >= 11 is 0. The van der Waals surface area contributed by atoms with Crippen LogP contribution in [0.25, 0.3) is 111 Å². The quantitative estimate of drug-likeness (QED) is 0.161. The molecular weight excluding hydrogens is 803 g/mol. The molecule has 5 nitrogen and oxygen atoms in total. The monoisotopic (exact) mass is 843 g/mol. The second kappa shape index (κ2) is 15.7. The minimum Gasteiger partial charge on any atom is -0.308 e. The number of para-hydroxylation sites is 2. The summed E-state index contributed by atoms with van der Waals surface area (Å²) in [5, 5.41) is 15.6. The molecule has 0 aliphatic rings. The maximum absolute atomic E-state index is 11.1. The molecule has 66 heavy (non-hydrogen) atoms. The van der Waals surface area contributed by atoms with E-state index in [4.69, 9.17) is 9.97 Å². The van der Waals surface area contributed by atoms with E-state index in [0.717, 1.165) is 105 Å². The van der Waals surface area contributed by atoms with E-state index in [1.807, 2.05) is 48.5 Å². The number of hydrogen-bond donors (Lipinski definition) is 0. The summed E-state index contributed by atoms with van der Waals surface area (Å²) in [6, 6.07) is 77.4. The summed E-state index contributed by atoms with van der Waals surface area (Å²) in [6.45, 7) is 4.23. The molecule has 0 aliphatic carbocycles. The standard InChI is InChI=1S/C61H41N5/c1-39-21-25-42(26-22-39)46-29-31-50-48-17-9-11-19-54(48)65(56(50)35-46)58-33-41(38-62)34-59(60(58)53-37-52(44-13-5-3-6-14-44)63-61(64-53)45-15-7-4-8-16-45)66-55-20-12-10-18-49(55)51-32-30-47(36-57(51)66)43-27-23-40(2)24-28-43/h3-37H,1-2H3. The number of nitrogens with zero attached hydrogens (tertiary/aromatic N) is 5. The van der Waals surface area contributed by atoms with Gasteiger partial charge in [-0.3, -0.25) is 0 Å². The van der Waals surface area contributed by atoms with Crippen LogP contribution in [0.3, 0.4) is 0 Å². The third-order valence-electron chi connectivity index (χ3n) is 12.9. The number of rotatable bonds is 7. The van der Waals surface area contributed by atoms with Crippen LogP contribution in [0.15, 0.2) is 212 Å². The Morgan fingerprint density at radius 1 is 0.364 bits per heavy atom. The second-order valence-electron chi connectivity index (χ2n) is 17.1. The molecule has 0 saturated carbocycles. The van der Waals surface area contributed by atoms with Crippen molar-refractivity contribution in [3.63, 3.8) is 0 Å². The van der Waals surface area contributed by atoms with Crippen molar-refractivity contribution in [2.45, 2.75) is 13.8 Å². The van der Waals surface area contributed by atoms with Crippen LogP contribution in [-0.4, -0.2) is 19.1 Å². The van der Waals surface area contributed by atoms with E-state index < -0.39 is 0 Å². The first kappa shape index (κ1) is 38.8. The van der Waals surface area contributed by atoms with Gasteiger partial charge in [-0.2, -0.15) is 5.26 Å². The highest BCUT2D eigenvalue weighted by Crippen LogP contribution is 2.44. The molecular formula is C61H41N5. The Balaban J connectivity index is 1.25. The molecule has 3 aromatic heterocycles. The fourth-order valence-corrected chi connectivity index (χ4v) is 9.65. The third kappa shape index (κ3) is 6.55. The molecule has 9 aromatic carbocycles. The van der Waals surface area contributed by atoms with E-state index in [9.17, 15) is 5.26 Å². The van der Waals surface area contributed by atoms with Crippen molar-refractivity contribution in [2.24, 2.45) is 0 Å². The lowest BCUT2D eigenvalue weighted by atomic mass is 9.99. The Hall–Kier alpha value is -8.85. The molecule has 12 rings (SSSR count). The van der Waals surface area contributed by atoms with Crippen molar-refractivity contribution in [3.8, 4) is 73.6 Å². The van der Waals surface area contributed by atoms with Gasteiger partial charge in [0, 0.05) is 38.2 Å². The van der Waals surface area contributed by atoms with Crippen LogP contribution >= 0.6 is 0 Å². The Bertz CT molecular complexity index is 3630. The van der Waals surface area contributed by atoms with Crippen LogP contribution in [-0.2, 0) is 0 Å². The van der Waals surface area contributed by atoms with Gasteiger partial charge in [0.2, 0.25) is 0 Å². The molecule has 0 spiro atoms. The first-order valence-electron chi connectivity index (χ1n) is 22.3. The highest BCUT2D eigenvalue weighted by molar-refractivity contribution is 6.13. The lowest BCUT2D eigenvalue weighted by molar-refractivity contribution is 1.11. The molecule has 0 atom stereocenters. The number of hydrogen-bond acceptors (Lipinski definition) is 3. The molecule has 3 heterocycles. The van der Waals surface area contributed by atoms with Crippen LogP contribution in [0.4, 0.5) is 0 Å². The minimum absolute atomic E-state index is 0.533. The summed E-state index contributed by atoms with van der Waals surface area (Å²) in [6.07, 6.45) is 0. The van der Waals surface area contributed by atoms with Crippen LogP contribution in [0, 0.1) is 25.2 Å². The van der Waals surface area contributed by atoms with Gasteiger partial charge in [-0.15, -0.1) is 0 Å². The van der Waals surface area contributed by atoms with E-state index in [0.29, 0.717) is 11.4 Å². The predicted molar refractivity (Wildman–Crippen MR) is 272 cm³/mol. The predicted octanol–water partition coefficient (Wildman–Crippen LogP) is 15.5. The highest BCUT2D eigenvalue weighted by Gasteiger charge is 2.26. The van der Waals surface area contributed by atoms with Gasteiger partial charge >= 0.3 is 0 Å². The van der Waals surface area contributed by atoms with Crippen LogP contribution in [0.1, 0.15) is 16.7 Å². The molecule has 310 valence electrons. The van der Waals surface area contributed by atoms with Crippen LogP contribution in [0.2, 0.25) is 0 Å². The smallest absolute Gasteiger partial charge is 0.160 e. The van der Waals surface area contributed by atoms with Gasteiger partial charge in [-0.05, 0) is 78.6 Å². The van der Waals surface area contributed by atoms with Crippen molar-refractivity contribution in [2.75, 3.05) is 0 Å².